The number of hydrogen-bond donors (Lipinski definition) is 1. The molecule has 10 heteroatoms. The highest BCUT2D eigenvalue weighted by Crippen LogP contribution is 2.25. The Morgan fingerprint density at radius 1 is 1.08 bits per heavy atom. The summed E-state index contributed by atoms with van der Waals surface area (Å²) in [5, 5.41) is 8.88. The molecule has 0 radical (unpaired) electrons. The number of fused-ring (bicyclic) bond motifs is 1. The van der Waals surface area contributed by atoms with Crippen LogP contribution in [0.15, 0.2) is 60.4 Å². The fraction of sp³-hybridized carbons (Fsp3) is 0.429. The molecule has 0 unspecified atom stereocenters. The third-order valence-electron chi connectivity index (χ3n) is 7.27. The lowest BCUT2D eigenvalue weighted by Crippen LogP contribution is -2.46. The van der Waals surface area contributed by atoms with E-state index < -0.39 is 0 Å². The van der Waals surface area contributed by atoms with Crippen LogP contribution >= 0.6 is 0 Å². The SMILES string of the molecule is CC=CC(OC)=C(C)N1CCN(c2ncnc3c2cnn3Cc2cccc(C(=O)N3CCNCC3)c2)CC1. The molecule has 5 rings (SSSR count). The van der Waals surface area contributed by atoms with Gasteiger partial charge in [0.15, 0.2) is 5.65 Å². The molecule has 1 N–H and O–H groups in total. The molecule has 10 nitrogen and oxygen atoms in total. The van der Waals surface area contributed by atoms with Gasteiger partial charge in [-0.25, -0.2) is 14.6 Å². The van der Waals surface area contributed by atoms with Crippen LogP contribution in [0.25, 0.3) is 11.0 Å². The predicted octanol–water partition coefficient (Wildman–Crippen LogP) is 2.50. The van der Waals surface area contributed by atoms with Crippen LogP contribution in [0.5, 0.6) is 0 Å². The molecule has 200 valence electrons. The summed E-state index contributed by atoms with van der Waals surface area (Å²) in [7, 11) is 1.71. The third kappa shape index (κ3) is 5.35. The number of ether oxygens (including phenoxy) is 1. The number of allylic oxidation sites excluding steroid dienone is 3. The molecule has 0 spiro atoms. The zero-order valence-electron chi connectivity index (χ0n) is 22.4. The quantitative estimate of drug-likeness (QED) is 0.378. The van der Waals surface area contributed by atoms with Gasteiger partial charge < -0.3 is 24.8 Å². The standard InChI is InChI=1S/C28H36N8O2/c1-4-6-25(38-3)21(2)33-13-15-34(16-14-33)26-24-18-32-36(27(24)31-20-30-26)19-22-7-5-8-23(17-22)28(37)35-11-9-29-10-12-35/h4-8,17-18,20,29H,9-16,19H2,1-3H3. The second-order valence-corrected chi connectivity index (χ2v) is 9.61. The smallest absolute Gasteiger partial charge is 0.253 e. The van der Waals surface area contributed by atoms with E-state index >= 15 is 0 Å². The Morgan fingerprint density at radius 2 is 1.87 bits per heavy atom. The number of anilines is 1. The van der Waals surface area contributed by atoms with E-state index in [4.69, 9.17) is 4.74 Å². The van der Waals surface area contributed by atoms with Crippen molar-refractivity contribution >= 4 is 22.8 Å². The molecule has 2 fully saturated rings. The first-order valence-corrected chi connectivity index (χ1v) is 13.2. The number of rotatable bonds is 7. The Hall–Kier alpha value is -3.92. The van der Waals surface area contributed by atoms with Gasteiger partial charge in [0.25, 0.3) is 5.91 Å². The molecule has 1 aromatic carbocycles. The Bertz CT molecular complexity index is 1330. The first-order chi connectivity index (χ1) is 18.6. The van der Waals surface area contributed by atoms with Crippen molar-refractivity contribution in [3.63, 3.8) is 0 Å². The highest BCUT2D eigenvalue weighted by molar-refractivity contribution is 5.94. The van der Waals surface area contributed by atoms with E-state index in [-0.39, 0.29) is 5.91 Å². The summed E-state index contributed by atoms with van der Waals surface area (Å²) >= 11 is 0. The Labute approximate surface area is 223 Å². The number of benzene rings is 1. The van der Waals surface area contributed by atoms with E-state index in [9.17, 15) is 4.79 Å². The van der Waals surface area contributed by atoms with Crippen LogP contribution in [0.2, 0.25) is 0 Å². The number of methoxy groups -OCH3 is 1. The molecular formula is C28H36N8O2. The lowest BCUT2D eigenvalue weighted by Gasteiger charge is -2.37. The van der Waals surface area contributed by atoms with Gasteiger partial charge >= 0.3 is 0 Å². The van der Waals surface area contributed by atoms with Crippen LogP contribution in [0.4, 0.5) is 5.82 Å². The van der Waals surface area contributed by atoms with E-state index in [0.717, 1.165) is 86.2 Å². The van der Waals surface area contributed by atoms with E-state index in [2.05, 4.69) is 37.1 Å². The number of nitrogens with zero attached hydrogens (tertiary/aromatic N) is 7. The van der Waals surface area contributed by atoms with Crippen molar-refractivity contribution in [2.24, 2.45) is 0 Å². The molecule has 3 aromatic rings. The minimum atomic E-state index is 0.0795. The average Bonchev–Trinajstić information content (AvgIpc) is 3.38. The highest BCUT2D eigenvalue weighted by Gasteiger charge is 2.23. The normalized spacial score (nSPS) is 17.3. The van der Waals surface area contributed by atoms with Crippen LogP contribution in [-0.4, -0.2) is 94.9 Å². The van der Waals surface area contributed by atoms with Gasteiger partial charge in [-0.3, -0.25) is 4.79 Å². The Kier molecular flexibility index (Phi) is 7.88. The molecule has 1 amide bonds. The number of carbonyl (C=O) groups is 1. The molecule has 4 heterocycles. The van der Waals surface area contributed by atoms with Crippen molar-refractivity contribution in [3.05, 3.63) is 71.5 Å². The van der Waals surface area contributed by atoms with Crippen LogP contribution in [0.1, 0.15) is 29.8 Å². The summed E-state index contributed by atoms with van der Waals surface area (Å²) in [6, 6.07) is 7.83. The summed E-state index contributed by atoms with van der Waals surface area (Å²) in [5.41, 5.74) is 3.66. The number of hydrogen-bond acceptors (Lipinski definition) is 8. The number of piperazine rings is 2. The molecule has 0 bridgehead atoms. The summed E-state index contributed by atoms with van der Waals surface area (Å²) in [4.78, 5) is 28.7. The van der Waals surface area contributed by atoms with Crippen molar-refractivity contribution in [2.45, 2.75) is 20.4 Å². The van der Waals surface area contributed by atoms with Gasteiger partial charge in [-0.05, 0) is 37.6 Å². The monoisotopic (exact) mass is 516 g/mol. The Balaban J connectivity index is 1.31. The molecule has 38 heavy (non-hydrogen) atoms. The van der Waals surface area contributed by atoms with Crippen molar-refractivity contribution in [3.8, 4) is 0 Å². The van der Waals surface area contributed by atoms with Crippen molar-refractivity contribution in [1.82, 2.24) is 34.9 Å². The van der Waals surface area contributed by atoms with Crippen molar-refractivity contribution in [2.75, 3.05) is 64.4 Å². The van der Waals surface area contributed by atoms with Crippen LogP contribution < -0.4 is 10.2 Å². The zero-order valence-corrected chi connectivity index (χ0v) is 22.4. The lowest BCUT2D eigenvalue weighted by atomic mass is 10.1. The minimum Gasteiger partial charge on any atom is -0.495 e. The average molecular weight is 517 g/mol. The van der Waals surface area contributed by atoms with E-state index in [0.29, 0.717) is 12.1 Å². The maximum absolute atomic E-state index is 13.0. The second kappa shape index (κ2) is 11.6. The summed E-state index contributed by atoms with van der Waals surface area (Å²) in [6.07, 6.45) is 7.47. The molecule has 0 saturated carbocycles. The van der Waals surface area contributed by atoms with Crippen molar-refractivity contribution in [1.29, 1.82) is 0 Å². The second-order valence-electron chi connectivity index (χ2n) is 9.61. The van der Waals surface area contributed by atoms with Gasteiger partial charge in [0.1, 0.15) is 17.9 Å². The van der Waals surface area contributed by atoms with Gasteiger partial charge in [0.05, 0.1) is 30.9 Å². The van der Waals surface area contributed by atoms with E-state index in [1.807, 2.05) is 59.1 Å². The largest absolute Gasteiger partial charge is 0.495 e. The predicted molar refractivity (Wildman–Crippen MR) is 148 cm³/mol. The Morgan fingerprint density at radius 3 is 2.61 bits per heavy atom. The highest BCUT2D eigenvalue weighted by atomic mass is 16.5. The molecule has 0 atom stereocenters. The zero-order chi connectivity index (χ0) is 26.5. The third-order valence-corrected chi connectivity index (χ3v) is 7.27. The lowest BCUT2D eigenvalue weighted by molar-refractivity contribution is 0.0735. The summed E-state index contributed by atoms with van der Waals surface area (Å²) in [5.74, 6) is 1.88. The molecule has 0 aliphatic carbocycles. The van der Waals surface area contributed by atoms with Crippen LogP contribution in [-0.2, 0) is 11.3 Å². The molecule has 2 aromatic heterocycles. The van der Waals surface area contributed by atoms with Gasteiger partial charge in [-0.1, -0.05) is 18.2 Å². The number of nitrogens with one attached hydrogen (secondary N) is 1. The maximum Gasteiger partial charge on any atom is 0.253 e. The number of carbonyl (C=O) groups excluding carboxylic acids is 1. The molecular weight excluding hydrogens is 480 g/mol. The summed E-state index contributed by atoms with van der Waals surface area (Å²) < 4.78 is 7.45. The fourth-order valence-corrected chi connectivity index (χ4v) is 5.17. The molecule has 2 aliphatic rings. The number of aromatic nitrogens is 4. The van der Waals surface area contributed by atoms with Gasteiger partial charge in [0.2, 0.25) is 0 Å². The van der Waals surface area contributed by atoms with E-state index in [1.165, 1.54) is 0 Å². The first-order valence-electron chi connectivity index (χ1n) is 13.2. The van der Waals surface area contributed by atoms with Gasteiger partial charge in [-0.2, -0.15) is 5.10 Å². The molecule has 2 saturated heterocycles. The van der Waals surface area contributed by atoms with Gasteiger partial charge in [0, 0.05) is 57.9 Å². The number of amides is 1. The molecule has 2 aliphatic heterocycles. The fourth-order valence-electron chi connectivity index (χ4n) is 5.17. The van der Waals surface area contributed by atoms with Crippen LogP contribution in [0.3, 0.4) is 0 Å². The first kappa shape index (κ1) is 25.7. The maximum atomic E-state index is 13.0. The van der Waals surface area contributed by atoms with Crippen LogP contribution in [0, 0.1) is 0 Å². The van der Waals surface area contributed by atoms with E-state index in [1.54, 1.807) is 13.4 Å². The van der Waals surface area contributed by atoms with Crippen molar-refractivity contribution < 1.29 is 9.53 Å². The topological polar surface area (TPSA) is 91.6 Å². The minimum absolute atomic E-state index is 0.0795. The van der Waals surface area contributed by atoms with Gasteiger partial charge in [-0.15, -0.1) is 0 Å². The summed E-state index contributed by atoms with van der Waals surface area (Å²) in [6.45, 7) is 11.2.